The molecule has 1 atom stereocenters. The summed E-state index contributed by atoms with van der Waals surface area (Å²) in [5.41, 5.74) is -0.376. The molecule has 214 valence electrons. The quantitative estimate of drug-likeness (QED) is 0.424. The highest BCUT2D eigenvalue weighted by atomic mass is 32.2. The maximum Gasteiger partial charge on any atom is 0.416 e. The number of rotatable bonds is 11. The monoisotopic (exact) mass is 567 g/mol. The fourth-order valence-corrected chi connectivity index (χ4v) is 5.73. The van der Waals surface area contributed by atoms with E-state index in [9.17, 15) is 31.2 Å². The molecule has 0 heterocycles. The molecule has 3 rings (SSSR count). The Bertz CT molecular complexity index is 1220. The van der Waals surface area contributed by atoms with E-state index in [2.05, 4.69) is 5.32 Å². The number of sulfonamides is 1. The van der Waals surface area contributed by atoms with Crippen molar-refractivity contribution in [2.24, 2.45) is 0 Å². The van der Waals surface area contributed by atoms with E-state index >= 15 is 0 Å². The van der Waals surface area contributed by atoms with Gasteiger partial charge in [0.25, 0.3) is 0 Å². The van der Waals surface area contributed by atoms with Crippen LogP contribution in [-0.4, -0.2) is 56.6 Å². The Balaban J connectivity index is 1.89. The Hall–Kier alpha value is -3.08. The van der Waals surface area contributed by atoms with E-state index in [1.807, 2.05) is 30.3 Å². The molecule has 0 aromatic heterocycles. The van der Waals surface area contributed by atoms with Gasteiger partial charge in [-0.1, -0.05) is 62.6 Å². The molecule has 1 aliphatic carbocycles. The predicted molar refractivity (Wildman–Crippen MR) is 145 cm³/mol. The van der Waals surface area contributed by atoms with Crippen LogP contribution in [0.5, 0.6) is 0 Å². The molecule has 2 amide bonds. The molecular formula is C28H36F3N3O4S. The van der Waals surface area contributed by atoms with Gasteiger partial charge in [0.1, 0.15) is 12.6 Å². The second-order valence-electron chi connectivity index (χ2n) is 9.91. The number of amides is 2. The van der Waals surface area contributed by atoms with Crippen molar-refractivity contribution in [3.8, 4) is 0 Å². The number of alkyl halides is 3. The summed E-state index contributed by atoms with van der Waals surface area (Å²) in [6.45, 7) is 1.18. The molecule has 0 unspecified atom stereocenters. The first kappa shape index (κ1) is 30.5. The second kappa shape index (κ2) is 13.3. The number of hydrogen-bond donors (Lipinski definition) is 1. The minimum absolute atomic E-state index is 0.0176. The molecule has 0 bridgehead atoms. The largest absolute Gasteiger partial charge is 0.416 e. The van der Waals surface area contributed by atoms with Crippen molar-refractivity contribution in [2.75, 3.05) is 23.7 Å². The number of carbonyl (C=O) groups excluding carboxylic acids is 2. The van der Waals surface area contributed by atoms with Crippen LogP contribution in [-0.2, 0) is 32.2 Å². The number of anilines is 1. The smallest absolute Gasteiger partial charge is 0.352 e. The predicted octanol–water partition coefficient (Wildman–Crippen LogP) is 4.77. The molecule has 0 aliphatic heterocycles. The van der Waals surface area contributed by atoms with Gasteiger partial charge in [-0.2, -0.15) is 13.2 Å². The molecule has 0 saturated heterocycles. The van der Waals surface area contributed by atoms with Crippen LogP contribution in [0.4, 0.5) is 18.9 Å². The fraction of sp³-hybridized carbons (Fsp3) is 0.500. The van der Waals surface area contributed by atoms with Crippen molar-refractivity contribution in [3.05, 3.63) is 65.7 Å². The van der Waals surface area contributed by atoms with Gasteiger partial charge in [-0.3, -0.25) is 13.9 Å². The van der Waals surface area contributed by atoms with Crippen LogP contribution >= 0.6 is 0 Å². The molecule has 39 heavy (non-hydrogen) atoms. The number of halogens is 3. The number of nitrogens with one attached hydrogen (secondary N) is 1. The minimum atomic E-state index is -4.69. The Morgan fingerprint density at radius 1 is 1.03 bits per heavy atom. The zero-order chi connectivity index (χ0) is 28.6. The number of carbonyl (C=O) groups is 2. The molecule has 1 aliphatic rings. The number of hydrogen-bond acceptors (Lipinski definition) is 4. The van der Waals surface area contributed by atoms with E-state index in [0.717, 1.165) is 56.1 Å². The summed E-state index contributed by atoms with van der Waals surface area (Å²) in [6.07, 6.45) is 1.72. The molecule has 1 fully saturated rings. The first-order chi connectivity index (χ1) is 18.4. The van der Waals surface area contributed by atoms with Gasteiger partial charge in [0.05, 0.1) is 17.5 Å². The third kappa shape index (κ3) is 8.71. The third-order valence-corrected chi connectivity index (χ3v) is 8.10. The molecule has 11 heteroatoms. The highest BCUT2D eigenvalue weighted by Gasteiger charge is 2.34. The SMILES string of the molecule is CC[C@@H](C(=O)NC1CCCCC1)N(CCc1ccccc1)C(=O)CN(c1cccc(C(F)(F)F)c1)S(C)(=O)=O. The van der Waals surface area contributed by atoms with E-state index in [4.69, 9.17) is 0 Å². The first-order valence-electron chi connectivity index (χ1n) is 13.2. The summed E-state index contributed by atoms with van der Waals surface area (Å²) < 4.78 is 66.0. The molecule has 7 nitrogen and oxygen atoms in total. The maximum absolute atomic E-state index is 13.7. The summed E-state index contributed by atoms with van der Waals surface area (Å²) in [7, 11) is -4.13. The van der Waals surface area contributed by atoms with E-state index < -0.39 is 40.3 Å². The lowest BCUT2D eigenvalue weighted by Gasteiger charge is -2.34. The standard InChI is InChI=1S/C28H36F3N3O4S/c1-3-25(27(36)32-23-14-8-5-9-15-23)33(18-17-21-11-6-4-7-12-21)26(35)20-34(39(2,37)38)24-16-10-13-22(19-24)28(29,30)31/h4,6-7,10-13,16,19,23,25H,3,5,8-9,14-15,17-18,20H2,1-2H3,(H,32,36)/t25-/m0/s1. The van der Waals surface area contributed by atoms with Crippen molar-refractivity contribution >= 4 is 27.5 Å². The minimum Gasteiger partial charge on any atom is -0.352 e. The number of nitrogens with zero attached hydrogens (tertiary/aromatic N) is 2. The van der Waals surface area contributed by atoms with Gasteiger partial charge in [0, 0.05) is 12.6 Å². The Morgan fingerprint density at radius 2 is 1.69 bits per heavy atom. The first-order valence-corrected chi connectivity index (χ1v) is 15.0. The normalized spacial score (nSPS) is 15.4. The van der Waals surface area contributed by atoms with Gasteiger partial charge in [-0.25, -0.2) is 8.42 Å². The lowest BCUT2D eigenvalue weighted by Crippen LogP contribution is -2.54. The zero-order valence-electron chi connectivity index (χ0n) is 22.3. The maximum atomic E-state index is 13.7. The van der Waals surface area contributed by atoms with E-state index in [-0.39, 0.29) is 24.2 Å². The Kier molecular flexibility index (Phi) is 10.4. The van der Waals surface area contributed by atoms with E-state index in [1.54, 1.807) is 6.92 Å². The average molecular weight is 568 g/mol. The van der Waals surface area contributed by atoms with Crippen LogP contribution in [0, 0.1) is 0 Å². The molecule has 0 spiro atoms. The summed E-state index contributed by atoms with van der Waals surface area (Å²) in [5, 5.41) is 3.05. The topological polar surface area (TPSA) is 86.8 Å². The molecular weight excluding hydrogens is 531 g/mol. The van der Waals surface area contributed by atoms with Crippen LogP contribution in [0.3, 0.4) is 0 Å². The van der Waals surface area contributed by atoms with Gasteiger partial charge < -0.3 is 10.2 Å². The molecule has 0 radical (unpaired) electrons. The molecule has 1 saturated carbocycles. The van der Waals surface area contributed by atoms with Crippen LogP contribution in [0.25, 0.3) is 0 Å². The van der Waals surface area contributed by atoms with E-state index in [0.29, 0.717) is 23.2 Å². The molecule has 2 aromatic rings. The molecule has 1 N–H and O–H groups in total. The number of benzene rings is 2. The second-order valence-corrected chi connectivity index (χ2v) is 11.8. The summed E-state index contributed by atoms with van der Waals surface area (Å²) in [4.78, 5) is 28.4. The molecule has 2 aromatic carbocycles. The lowest BCUT2D eigenvalue weighted by atomic mass is 9.95. The Labute approximate surface area is 228 Å². The van der Waals surface area contributed by atoms with E-state index in [1.165, 1.54) is 11.0 Å². The zero-order valence-corrected chi connectivity index (χ0v) is 23.1. The van der Waals surface area contributed by atoms with Crippen molar-refractivity contribution in [3.63, 3.8) is 0 Å². The van der Waals surface area contributed by atoms with Crippen LogP contribution in [0.2, 0.25) is 0 Å². The fourth-order valence-electron chi connectivity index (χ4n) is 4.89. The van der Waals surface area contributed by atoms with Crippen molar-refractivity contribution in [1.82, 2.24) is 10.2 Å². The van der Waals surface area contributed by atoms with Gasteiger partial charge in [0.2, 0.25) is 21.8 Å². The van der Waals surface area contributed by atoms with Crippen molar-refractivity contribution < 1.29 is 31.2 Å². The van der Waals surface area contributed by atoms with Crippen molar-refractivity contribution in [2.45, 2.75) is 70.1 Å². The highest BCUT2D eigenvalue weighted by molar-refractivity contribution is 7.92. The Morgan fingerprint density at radius 3 is 2.28 bits per heavy atom. The van der Waals surface area contributed by atoms with Crippen LogP contribution < -0.4 is 9.62 Å². The van der Waals surface area contributed by atoms with Crippen LogP contribution in [0.15, 0.2) is 54.6 Å². The third-order valence-electron chi connectivity index (χ3n) is 6.96. The average Bonchev–Trinajstić information content (AvgIpc) is 2.89. The van der Waals surface area contributed by atoms with Crippen molar-refractivity contribution in [1.29, 1.82) is 0 Å². The van der Waals surface area contributed by atoms with Crippen LogP contribution in [0.1, 0.15) is 56.6 Å². The summed E-state index contributed by atoms with van der Waals surface area (Å²) in [6, 6.07) is 12.4. The van der Waals surface area contributed by atoms with Gasteiger partial charge in [-0.05, 0) is 49.4 Å². The van der Waals surface area contributed by atoms with Gasteiger partial charge in [-0.15, -0.1) is 0 Å². The lowest BCUT2D eigenvalue weighted by molar-refractivity contribution is -0.140. The van der Waals surface area contributed by atoms with Gasteiger partial charge in [0.15, 0.2) is 0 Å². The highest BCUT2D eigenvalue weighted by Crippen LogP contribution is 2.32. The summed E-state index contributed by atoms with van der Waals surface area (Å²) >= 11 is 0. The summed E-state index contributed by atoms with van der Waals surface area (Å²) in [5.74, 6) is -0.977. The van der Waals surface area contributed by atoms with Gasteiger partial charge >= 0.3 is 6.18 Å².